The molecule has 1 unspecified atom stereocenters. The summed E-state index contributed by atoms with van der Waals surface area (Å²) in [5.41, 5.74) is 2.79. The maximum Gasteiger partial charge on any atom is 0.225 e. The fourth-order valence-electron chi connectivity index (χ4n) is 4.93. The van der Waals surface area contributed by atoms with E-state index in [9.17, 15) is 4.39 Å². The van der Waals surface area contributed by atoms with Gasteiger partial charge in [-0.05, 0) is 62.3 Å². The van der Waals surface area contributed by atoms with E-state index >= 15 is 0 Å². The Kier molecular flexibility index (Phi) is 5.85. The molecular weight excluding hydrogens is 391 g/mol. The summed E-state index contributed by atoms with van der Waals surface area (Å²) in [5.74, 6) is 2.96. The first-order valence-electron chi connectivity index (χ1n) is 11.5. The smallest absolute Gasteiger partial charge is 0.225 e. The highest BCUT2D eigenvalue weighted by molar-refractivity contribution is 5.74. The largest absolute Gasteiger partial charge is 0.342 e. The van der Waals surface area contributed by atoms with Crippen molar-refractivity contribution in [2.45, 2.75) is 45.6 Å². The summed E-state index contributed by atoms with van der Waals surface area (Å²) < 4.78 is 13.4. The highest BCUT2D eigenvalue weighted by Crippen LogP contribution is 2.24. The van der Waals surface area contributed by atoms with Crippen LogP contribution in [0.1, 0.15) is 44.0 Å². The van der Waals surface area contributed by atoms with Crippen molar-refractivity contribution in [3.8, 4) is 0 Å². The van der Waals surface area contributed by atoms with Crippen LogP contribution in [0.25, 0.3) is 11.0 Å². The molecule has 2 aliphatic rings. The quantitative estimate of drug-likeness (QED) is 0.668. The highest BCUT2D eigenvalue weighted by Gasteiger charge is 2.22. The van der Waals surface area contributed by atoms with Crippen LogP contribution in [-0.4, -0.2) is 51.0 Å². The second-order valence-electron chi connectivity index (χ2n) is 9.35. The van der Waals surface area contributed by atoms with Crippen molar-refractivity contribution in [2.75, 3.05) is 31.1 Å². The second kappa shape index (κ2) is 8.91. The van der Waals surface area contributed by atoms with Crippen molar-refractivity contribution in [1.82, 2.24) is 24.8 Å². The molecule has 31 heavy (non-hydrogen) atoms. The molecule has 0 radical (unpaired) electrons. The molecule has 0 saturated carbocycles. The lowest BCUT2D eigenvalue weighted by atomic mass is 9.94. The van der Waals surface area contributed by atoms with Gasteiger partial charge < -0.3 is 9.88 Å². The van der Waals surface area contributed by atoms with E-state index in [0.29, 0.717) is 5.92 Å². The molecule has 164 valence electrons. The number of H-pyrrole nitrogens is 1. The van der Waals surface area contributed by atoms with E-state index < -0.39 is 0 Å². The van der Waals surface area contributed by atoms with Crippen LogP contribution in [0, 0.1) is 17.7 Å². The number of fused-ring (bicyclic) bond motifs is 1. The van der Waals surface area contributed by atoms with E-state index in [0.717, 1.165) is 67.9 Å². The van der Waals surface area contributed by atoms with Crippen LogP contribution in [0.2, 0.25) is 0 Å². The Morgan fingerprint density at radius 3 is 2.71 bits per heavy atom. The third kappa shape index (κ3) is 4.87. The number of aromatic amines is 1. The number of rotatable bonds is 5. The van der Waals surface area contributed by atoms with Crippen LogP contribution in [0.5, 0.6) is 0 Å². The number of anilines is 1. The molecule has 0 aliphatic carbocycles. The van der Waals surface area contributed by atoms with Gasteiger partial charge in [-0.2, -0.15) is 0 Å². The predicted molar refractivity (Wildman–Crippen MR) is 120 cm³/mol. The van der Waals surface area contributed by atoms with Crippen LogP contribution in [0.4, 0.5) is 10.3 Å². The third-order valence-corrected chi connectivity index (χ3v) is 6.74. The van der Waals surface area contributed by atoms with Gasteiger partial charge in [-0.3, -0.25) is 4.90 Å². The molecule has 2 saturated heterocycles. The zero-order valence-electron chi connectivity index (χ0n) is 18.2. The van der Waals surface area contributed by atoms with Gasteiger partial charge in [0.15, 0.2) is 0 Å². The summed E-state index contributed by atoms with van der Waals surface area (Å²) in [7, 11) is 0. The summed E-state index contributed by atoms with van der Waals surface area (Å²) in [6.07, 6.45) is 9.72. The molecule has 0 bridgehead atoms. The Morgan fingerprint density at radius 1 is 1.10 bits per heavy atom. The van der Waals surface area contributed by atoms with Crippen LogP contribution in [0.3, 0.4) is 0 Å². The SMILES string of the molecule is CC1CCN(c2ncc(CN3CCCC(Cc4nc5ccc(F)cc5[nH]4)C3)cn2)CC1. The van der Waals surface area contributed by atoms with Crippen molar-refractivity contribution < 1.29 is 4.39 Å². The van der Waals surface area contributed by atoms with Gasteiger partial charge in [0.1, 0.15) is 11.6 Å². The Hall–Kier alpha value is -2.54. The molecule has 4 heterocycles. The van der Waals surface area contributed by atoms with E-state index in [1.54, 1.807) is 6.07 Å². The number of nitrogens with zero attached hydrogens (tertiary/aromatic N) is 5. The molecule has 0 spiro atoms. The minimum Gasteiger partial charge on any atom is -0.342 e. The standard InChI is InChI=1S/C24H31FN6/c1-17-6-9-31(10-7-17)24-26-13-19(14-27-24)16-30-8-2-3-18(15-30)11-23-28-21-5-4-20(25)12-22(21)29-23/h4-5,12-14,17-18H,2-3,6-11,15-16H2,1H3,(H,28,29). The Bertz CT molecular complexity index is 1010. The molecule has 2 fully saturated rings. The third-order valence-electron chi connectivity index (χ3n) is 6.74. The summed E-state index contributed by atoms with van der Waals surface area (Å²) in [6, 6.07) is 4.73. The number of likely N-dealkylation sites (tertiary alicyclic amines) is 1. The number of aromatic nitrogens is 4. The minimum absolute atomic E-state index is 0.227. The first kappa shape index (κ1) is 20.4. The monoisotopic (exact) mass is 422 g/mol. The molecule has 5 rings (SSSR count). The number of nitrogens with one attached hydrogen (secondary N) is 1. The van der Waals surface area contributed by atoms with Crippen LogP contribution >= 0.6 is 0 Å². The van der Waals surface area contributed by atoms with Gasteiger partial charge in [-0.25, -0.2) is 19.3 Å². The first-order chi connectivity index (χ1) is 15.1. The van der Waals surface area contributed by atoms with Gasteiger partial charge in [0, 0.05) is 50.6 Å². The number of imidazole rings is 1. The molecule has 1 atom stereocenters. The molecule has 1 aromatic carbocycles. The lowest BCUT2D eigenvalue weighted by Crippen LogP contribution is -2.36. The van der Waals surface area contributed by atoms with Gasteiger partial charge >= 0.3 is 0 Å². The number of hydrogen-bond donors (Lipinski definition) is 1. The number of halogens is 1. The lowest BCUT2D eigenvalue weighted by molar-refractivity contribution is 0.165. The number of piperidine rings is 2. The normalized spacial score (nSPS) is 21.1. The fourth-order valence-corrected chi connectivity index (χ4v) is 4.93. The number of hydrogen-bond acceptors (Lipinski definition) is 5. The lowest BCUT2D eigenvalue weighted by Gasteiger charge is -2.32. The van der Waals surface area contributed by atoms with Gasteiger partial charge in [0.05, 0.1) is 11.0 Å². The molecule has 2 aliphatic heterocycles. The predicted octanol–water partition coefficient (Wildman–Crippen LogP) is 4.18. The molecule has 6 nitrogen and oxygen atoms in total. The van der Waals surface area contributed by atoms with Crippen molar-refractivity contribution >= 4 is 17.0 Å². The van der Waals surface area contributed by atoms with E-state index in [4.69, 9.17) is 0 Å². The summed E-state index contributed by atoms with van der Waals surface area (Å²) in [4.78, 5) is 22.1. The molecular formula is C24H31FN6. The maximum absolute atomic E-state index is 13.4. The molecule has 7 heteroatoms. The van der Waals surface area contributed by atoms with Gasteiger partial charge in [0.25, 0.3) is 0 Å². The molecule has 0 amide bonds. The van der Waals surface area contributed by atoms with Crippen LogP contribution in [-0.2, 0) is 13.0 Å². The van der Waals surface area contributed by atoms with Gasteiger partial charge in [-0.1, -0.05) is 6.92 Å². The number of benzene rings is 1. The van der Waals surface area contributed by atoms with E-state index in [-0.39, 0.29) is 5.82 Å². The second-order valence-corrected chi connectivity index (χ2v) is 9.35. The summed E-state index contributed by atoms with van der Waals surface area (Å²) in [5, 5.41) is 0. The zero-order chi connectivity index (χ0) is 21.2. The van der Waals surface area contributed by atoms with Gasteiger partial charge in [-0.15, -0.1) is 0 Å². The molecule has 2 aromatic heterocycles. The Morgan fingerprint density at radius 2 is 1.90 bits per heavy atom. The van der Waals surface area contributed by atoms with E-state index in [2.05, 4.69) is 36.7 Å². The topological polar surface area (TPSA) is 60.9 Å². The first-order valence-corrected chi connectivity index (χ1v) is 11.5. The van der Waals surface area contributed by atoms with E-state index in [1.165, 1.54) is 43.4 Å². The van der Waals surface area contributed by atoms with Crippen molar-refractivity contribution in [3.63, 3.8) is 0 Å². The summed E-state index contributed by atoms with van der Waals surface area (Å²) in [6.45, 7) is 7.47. The molecule has 3 aromatic rings. The maximum atomic E-state index is 13.4. The zero-order valence-corrected chi connectivity index (χ0v) is 18.2. The van der Waals surface area contributed by atoms with E-state index in [1.807, 2.05) is 12.4 Å². The van der Waals surface area contributed by atoms with Crippen molar-refractivity contribution in [3.05, 3.63) is 47.8 Å². The van der Waals surface area contributed by atoms with Crippen LogP contribution in [0.15, 0.2) is 30.6 Å². The minimum atomic E-state index is -0.227. The Labute approximate surface area is 182 Å². The van der Waals surface area contributed by atoms with Gasteiger partial charge in [0.2, 0.25) is 5.95 Å². The molecule has 1 N–H and O–H groups in total. The summed E-state index contributed by atoms with van der Waals surface area (Å²) >= 11 is 0. The average Bonchev–Trinajstić information content (AvgIpc) is 3.16. The average molecular weight is 423 g/mol. The highest BCUT2D eigenvalue weighted by atomic mass is 19.1. The fraction of sp³-hybridized carbons (Fsp3) is 0.542. The Balaban J connectivity index is 1.17. The van der Waals surface area contributed by atoms with Crippen molar-refractivity contribution in [2.24, 2.45) is 11.8 Å². The van der Waals surface area contributed by atoms with Crippen LogP contribution < -0.4 is 4.90 Å². The van der Waals surface area contributed by atoms with Crippen molar-refractivity contribution in [1.29, 1.82) is 0 Å².